The second-order valence-corrected chi connectivity index (χ2v) is 6.41. The van der Waals surface area contributed by atoms with Crippen LogP contribution in [0.2, 0.25) is 0 Å². The molecule has 0 radical (unpaired) electrons. The second-order valence-electron chi connectivity index (χ2n) is 6.41. The zero-order valence-electron chi connectivity index (χ0n) is 16.3. The molecule has 0 fully saturated rings. The van der Waals surface area contributed by atoms with Crippen molar-refractivity contribution in [1.82, 2.24) is 0 Å². The normalized spacial score (nSPS) is 11.6. The van der Waals surface area contributed by atoms with Gasteiger partial charge in [0.1, 0.15) is 6.54 Å². The summed E-state index contributed by atoms with van der Waals surface area (Å²) in [5.41, 5.74) is 2.37. The van der Waals surface area contributed by atoms with Gasteiger partial charge < -0.3 is 19.7 Å². The van der Waals surface area contributed by atoms with E-state index in [0.29, 0.717) is 42.4 Å². The third kappa shape index (κ3) is 6.11. The number of methoxy groups -OCH3 is 1. The Morgan fingerprint density at radius 3 is 2.37 bits per heavy atom. The molecule has 2 rings (SSSR count). The quantitative estimate of drug-likeness (QED) is 0.661. The molecule has 2 N–H and O–H groups in total. The predicted octanol–water partition coefficient (Wildman–Crippen LogP) is 1.95. The molecule has 2 aromatic rings. The lowest BCUT2D eigenvalue weighted by molar-refractivity contribution is -0.885. The van der Waals surface area contributed by atoms with Gasteiger partial charge in [-0.25, -0.2) is 0 Å². The Labute approximate surface area is 160 Å². The number of hydrogen-bond donors (Lipinski definition) is 2. The number of nitrogens with one attached hydrogen (secondary N) is 2. The van der Waals surface area contributed by atoms with E-state index in [0.717, 1.165) is 10.5 Å². The number of carbonyl (C=O) groups excluding carboxylic acids is 2. The van der Waals surface area contributed by atoms with Gasteiger partial charge in [0.25, 0.3) is 5.91 Å². The number of amides is 1. The van der Waals surface area contributed by atoms with Crippen LogP contribution in [-0.2, 0) is 11.3 Å². The number of anilines is 1. The van der Waals surface area contributed by atoms with Crippen LogP contribution in [0.25, 0.3) is 0 Å². The minimum atomic E-state index is -0.0824. The highest BCUT2D eigenvalue weighted by Crippen LogP contribution is 2.27. The van der Waals surface area contributed by atoms with E-state index in [-0.39, 0.29) is 11.7 Å². The van der Waals surface area contributed by atoms with Crippen LogP contribution in [0.1, 0.15) is 29.8 Å². The molecule has 0 aliphatic carbocycles. The van der Waals surface area contributed by atoms with Gasteiger partial charge in [-0.2, -0.15) is 0 Å². The Hall–Kier alpha value is -2.86. The fourth-order valence-corrected chi connectivity index (χ4v) is 2.78. The monoisotopic (exact) mass is 371 g/mol. The summed E-state index contributed by atoms with van der Waals surface area (Å²) in [6.07, 6.45) is 0. The minimum absolute atomic E-state index is 0.00263. The molecular weight excluding hydrogens is 344 g/mol. The molecule has 6 heteroatoms. The van der Waals surface area contributed by atoms with Crippen molar-refractivity contribution in [3.8, 4) is 11.5 Å². The van der Waals surface area contributed by atoms with E-state index in [1.807, 2.05) is 32.2 Å². The van der Waals surface area contributed by atoms with Gasteiger partial charge in [-0.1, -0.05) is 0 Å². The molecule has 0 aliphatic heterocycles. The zero-order valence-corrected chi connectivity index (χ0v) is 16.3. The Balaban J connectivity index is 1.91. The number of Topliss-reactive ketones (excluding diaryl/α,β-unsaturated/α-hetero) is 1. The predicted molar refractivity (Wildman–Crippen MR) is 105 cm³/mol. The standard InChI is InChI=1S/C21H26N2O4/c1-5-27-19-11-6-16(12-20(19)26-4)13-23(3)14-21(25)22-18-9-7-17(8-10-18)15(2)24/h6-12H,5,13-14H2,1-4H3,(H,22,25)/p+1. The zero-order chi connectivity index (χ0) is 19.8. The molecule has 27 heavy (non-hydrogen) atoms. The van der Waals surface area contributed by atoms with E-state index in [4.69, 9.17) is 9.47 Å². The van der Waals surface area contributed by atoms with Crippen LogP contribution >= 0.6 is 0 Å². The number of benzene rings is 2. The first-order valence-corrected chi connectivity index (χ1v) is 8.94. The topological polar surface area (TPSA) is 69.1 Å². The molecule has 0 aliphatic rings. The lowest BCUT2D eigenvalue weighted by Gasteiger charge is -2.16. The highest BCUT2D eigenvalue weighted by molar-refractivity contribution is 5.95. The first-order chi connectivity index (χ1) is 12.9. The summed E-state index contributed by atoms with van der Waals surface area (Å²) in [6, 6.07) is 12.7. The second kappa shape index (κ2) is 9.73. The SMILES string of the molecule is CCOc1ccc(C[NH+](C)CC(=O)Nc2ccc(C(C)=O)cc2)cc1OC. The van der Waals surface area contributed by atoms with Crippen LogP contribution in [0.4, 0.5) is 5.69 Å². The maximum Gasteiger partial charge on any atom is 0.279 e. The van der Waals surface area contributed by atoms with Crippen LogP contribution in [0, 0.1) is 0 Å². The average molecular weight is 371 g/mol. The molecule has 1 unspecified atom stereocenters. The van der Waals surface area contributed by atoms with Crippen molar-refractivity contribution < 1.29 is 24.0 Å². The highest BCUT2D eigenvalue weighted by atomic mass is 16.5. The van der Waals surface area contributed by atoms with Crippen LogP contribution < -0.4 is 19.7 Å². The van der Waals surface area contributed by atoms with E-state index in [2.05, 4.69) is 5.32 Å². The summed E-state index contributed by atoms with van der Waals surface area (Å²) < 4.78 is 10.9. The molecule has 0 bridgehead atoms. The molecule has 0 aromatic heterocycles. The third-order valence-corrected chi connectivity index (χ3v) is 4.07. The fourth-order valence-electron chi connectivity index (χ4n) is 2.78. The molecule has 2 aromatic carbocycles. The largest absolute Gasteiger partial charge is 0.493 e. The van der Waals surface area contributed by atoms with Gasteiger partial charge in [0.2, 0.25) is 0 Å². The van der Waals surface area contributed by atoms with E-state index in [1.165, 1.54) is 6.92 Å². The van der Waals surface area contributed by atoms with Gasteiger partial charge in [0.05, 0.1) is 20.8 Å². The van der Waals surface area contributed by atoms with Gasteiger partial charge >= 0.3 is 0 Å². The summed E-state index contributed by atoms with van der Waals surface area (Å²) in [4.78, 5) is 24.6. The van der Waals surface area contributed by atoms with Crippen molar-refractivity contribution in [2.75, 3.05) is 32.6 Å². The van der Waals surface area contributed by atoms with Crippen molar-refractivity contribution in [3.63, 3.8) is 0 Å². The third-order valence-electron chi connectivity index (χ3n) is 4.07. The maximum absolute atomic E-state index is 12.3. The smallest absolute Gasteiger partial charge is 0.279 e. The van der Waals surface area contributed by atoms with Crippen LogP contribution in [0.3, 0.4) is 0 Å². The van der Waals surface area contributed by atoms with E-state index >= 15 is 0 Å². The molecule has 6 nitrogen and oxygen atoms in total. The first-order valence-electron chi connectivity index (χ1n) is 8.94. The number of rotatable bonds is 9. The summed E-state index contributed by atoms with van der Waals surface area (Å²) in [5, 5.41) is 2.86. The van der Waals surface area contributed by atoms with Gasteiger partial charge in [-0.05, 0) is 56.3 Å². The first kappa shape index (κ1) is 20.5. The Morgan fingerprint density at radius 1 is 1.07 bits per heavy atom. The van der Waals surface area contributed by atoms with Crippen LogP contribution in [-0.4, -0.2) is 39.0 Å². The summed E-state index contributed by atoms with van der Waals surface area (Å²) in [6.45, 7) is 5.03. The molecule has 0 saturated carbocycles. The fraction of sp³-hybridized carbons (Fsp3) is 0.333. The molecule has 1 amide bonds. The molecule has 1 atom stereocenters. The molecule has 144 valence electrons. The van der Waals surface area contributed by atoms with Crippen LogP contribution in [0.5, 0.6) is 11.5 Å². The van der Waals surface area contributed by atoms with Gasteiger partial charge in [-0.3, -0.25) is 9.59 Å². The Kier molecular flexibility index (Phi) is 7.37. The van der Waals surface area contributed by atoms with Gasteiger partial charge in [0, 0.05) is 16.8 Å². The molecule has 0 spiro atoms. The van der Waals surface area contributed by atoms with Crippen molar-refractivity contribution in [3.05, 3.63) is 53.6 Å². The highest BCUT2D eigenvalue weighted by Gasteiger charge is 2.13. The number of quaternary nitrogens is 1. The lowest BCUT2D eigenvalue weighted by Crippen LogP contribution is -3.08. The Morgan fingerprint density at radius 2 is 1.78 bits per heavy atom. The maximum atomic E-state index is 12.3. The van der Waals surface area contributed by atoms with Gasteiger partial charge in [0.15, 0.2) is 23.8 Å². The van der Waals surface area contributed by atoms with Crippen molar-refractivity contribution in [2.45, 2.75) is 20.4 Å². The molecule has 0 saturated heterocycles. The average Bonchev–Trinajstić information content (AvgIpc) is 2.63. The van der Waals surface area contributed by atoms with E-state index in [9.17, 15) is 9.59 Å². The van der Waals surface area contributed by atoms with Crippen molar-refractivity contribution in [1.29, 1.82) is 0 Å². The van der Waals surface area contributed by atoms with E-state index in [1.54, 1.807) is 31.4 Å². The number of likely N-dealkylation sites (N-methyl/N-ethyl adjacent to an activating group) is 1. The minimum Gasteiger partial charge on any atom is -0.493 e. The molecule has 0 heterocycles. The van der Waals surface area contributed by atoms with Crippen LogP contribution in [0.15, 0.2) is 42.5 Å². The summed E-state index contributed by atoms with van der Waals surface area (Å²) in [5.74, 6) is 1.33. The lowest BCUT2D eigenvalue weighted by atomic mass is 10.1. The van der Waals surface area contributed by atoms with Crippen molar-refractivity contribution >= 4 is 17.4 Å². The number of hydrogen-bond acceptors (Lipinski definition) is 4. The number of ether oxygens (including phenoxy) is 2. The number of carbonyl (C=O) groups is 2. The summed E-state index contributed by atoms with van der Waals surface area (Å²) >= 11 is 0. The van der Waals surface area contributed by atoms with Crippen molar-refractivity contribution in [2.24, 2.45) is 0 Å². The van der Waals surface area contributed by atoms with Gasteiger partial charge in [-0.15, -0.1) is 0 Å². The van der Waals surface area contributed by atoms with E-state index < -0.39 is 0 Å². The molecular formula is C21H27N2O4+. The Bertz CT molecular complexity index is 787. The summed E-state index contributed by atoms with van der Waals surface area (Å²) in [7, 11) is 3.57. The number of ketones is 1.